The van der Waals surface area contributed by atoms with Crippen LogP contribution in [0.25, 0.3) is 0 Å². The van der Waals surface area contributed by atoms with Crippen molar-refractivity contribution in [3.05, 3.63) is 44.4 Å². The highest BCUT2D eigenvalue weighted by Crippen LogP contribution is 2.22. The fourth-order valence-corrected chi connectivity index (χ4v) is 3.72. The predicted octanol–water partition coefficient (Wildman–Crippen LogP) is 4.48. The summed E-state index contributed by atoms with van der Waals surface area (Å²) in [7, 11) is 2.14. The molecule has 0 aliphatic heterocycles. The third kappa shape index (κ3) is 5.58. The molecule has 2 rings (SSSR count). The maximum atomic E-state index is 5.61. The summed E-state index contributed by atoms with van der Waals surface area (Å²) in [5.41, 5.74) is 1.27. The Balaban J connectivity index is 1.86. The second-order valence-corrected chi connectivity index (χ2v) is 7.71. The van der Waals surface area contributed by atoms with E-state index in [1.807, 2.05) is 0 Å². The van der Waals surface area contributed by atoms with Gasteiger partial charge in [-0.15, -0.1) is 11.3 Å². The smallest absolute Gasteiger partial charge is 0.122 e. The van der Waals surface area contributed by atoms with Gasteiger partial charge in [-0.2, -0.15) is 0 Å². The Labute approximate surface area is 139 Å². The average molecular weight is 371 g/mol. The van der Waals surface area contributed by atoms with Crippen molar-refractivity contribution in [3.8, 4) is 0 Å². The van der Waals surface area contributed by atoms with Crippen molar-refractivity contribution in [3.63, 3.8) is 0 Å². The van der Waals surface area contributed by atoms with Crippen LogP contribution < -0.4 is 5.32 Å². The highest BCUT2D eigenvalue weighted by atomic mass is 79.9. The maximum Gasteiger partial charge on any atom is 0.122 e. The Morgan fingerprint density at radius 2 is 2.19 bits per heavy atom. The second kappa shape index (κ2) is 8.13. The normalized spacial score (nSPS) is 11.7. The topological polar surface area (TPSA) is 28.4 Å². The van der Waals surface area contributed by atoms with Crippen LogP contribution >= 0.6 is 27.3 Å². The Morgan fingerprint density at radius 3 is 2.86 bits per heavy atom. The van der Waals surface area contributed by atoms with Crippen molar-refractivity contribution in [2.75, 3.05) is 13.6 Å². The van der Waals surface area contributed by atoms with Gasteiger partial charge in [-0.05, 0) is 47.6 Å². The van der Waals surface area contributed by atoms with Gasteiger partial charge < -0.3 is 9.73 Å². The molecule has 0 atom stereocenters. The van der Waals surface area contributed by atoms with Gasteiger partial charge in [0.15, 0.2) is 0 Å². The standard InChI is InChI=1S/C16H23BrN2OS/c1-12(2)7-18-8-16-13(4-5-20-16)9-19(3)10-15-6-14(17)11-21-15/h4-6,11-12,18H,7-10H2,1-3H3. The van der Waals surface area contributed by atoms with Crippen LogP contribution in [-0.4, -0.2) is 18.5 Å². The maximum absolute atomic E-state index is 5.61. The molecule has 0 aromatic carbocycles. The summed E-state index contributed by atoms with van der Waals surface area (Å²) in [5, 5.41) is 5.56. The van der Waals surface area contributed by atoms with Gasteiger partial charge in [0.25, 0.3) is 0 Å². The van der Waals surface area contributed by atoms with Crippen molar-refractivity contribution in [2.24, 2.45) is 5.92 Å². The third-order valence-corrected chi connectivity index (χ3v) is 4.85. The zero-order valence-electron chi connectivity index (χ0n) is 12.9. The second-order valence-electron chi connectivity index (χ2n) is 5.80. The van der Waals surface area contributed by atoms with Gasteiger partial charge in [-0.1, -0.05) is 13.8 Å². The molecule has 0 amide bonds. The molecule has 21 heavy (non-hydrogen) atoms. The quantitative estimate of drug-likeness (QED) is 0.742. The summed E-state index contributed by atoms with van der Waals surface area (Å²) in [6, 6.07) is 4.26. The number of furan rings is 1. The van der Waals surface area contributed by atoms with E-state index in [2.05, 4.69) is 64.6 Å². The first-order valence-corrected chi connectivity index (χ1v) is 8.89. The van der Waals surface area contributed by atoms with Crippen LogP contribution in [0.15, 0.2) is 32.7 Å². The lowest BCUT2D eigenvalue weighted by Gasteiger charge is -2.15. The molecule has 1 N–H and O–H groups in total. The molecule has 116 valence electrons. The SMILES string of the molecule is CC(C)CNCc1occc1CN(C)Cc1cc(Br)cs1. The molecule has 3 nitrogen and oxygen atoms in total. The van der Waals surface area contributed by atoms with Crippen LogP contribution in [0.1, 0.15) is 30.0 Å². The molecular formula is C16H23BrN2OS. The van der Waals surface area contributed by atoms with Crippen LogP contribution in [0, 0.1) is 5.92 Å². The molecule has 0 aliphatic carbocycles. The third-order valence-electron chi connectivity index (χ3n) is 3.16. The minimum atomic E-state index is 0.656. The lowest BCUT2D eigenvalue weighted by Crippen LogP contribution is -2.21. The van der Waals surface area contributed by atoms with Crippen LogP contribution in [0.3, 0.4) is 0 Å². The number of rotatable bonds is 8. The summed E-state index contributed by atoms with van der Waals surface area (Å²) >= 11 is 5.29. The van der Waals surface area contributed by atoms with Gasteiger partial charge in [-0.25, -0.2) is 0 Å². The van der Waals surface area contributed by atoms with Gasteiger partial charge in [0.1, 0.15) is 5.76 Å². The fourth-order valence-electron chi connectivity index (χ4n) is 2.19. The van der Waals surface area contributed by atoms with E-state index in [1.54, 1.807) is 17.6 Å². The molecule has 2 aromatic heterocycles. The first kappa shape index (κ1) is 16.7. The molecule has 0 saturated heterocycles. The molecule has 0 fully saturated rings. The summed E-state index contributed by atoms with van der Waals surface area (Å²) < 4.78 is 6.77. The fraction of sp³-hybridized carbons (Fsp3) is 0.500. The molecule has 5 heteroatoms. The number of halogens is 1. The summed E-state index contributed by atoms with van der Waals surface area (Å²) in [4.78, 5) is 3.68. The zero-order chi connectivity index (χ0) is 15.2. The summed E-state index contributed by atoms with van der Waals surface area (Å²) in [6.45, 7) is 8.11. The van der Waals surface area contributed by atoms with Crippen LogP contribution in [-0.2, 0) is 19.6 Å². The first-order chi connectivity index (χ1) is 10.0. The van der Waals surface area contributed by atoms with Gasteiger partial charge >= 0.3 is 0 Å². The molecule has 2 heterocycles. The Bertz CT molecular complexity index is 550. The highest BCUT2D eigenvalue weighted by molar-refractivity contribution is 9.10. The molecule has 0 spiro atoms. The molecule has 0 saturated carbocycles. The number of nitrogens with zero attached hydrogens (tertiary/aromatic N) is 1. The minimum Gasteiger partial charge on any atom is -0.468 e. The van der Waals surface area contributed by atoms with E-state index in [0.717, 1.165) is 36.4 Å². The van der Waals surface area contributed by atoms with Crippen molar-refractivity contribution in [1.82, 2.24) is 10.2 Å². The van der Waals surface area contributed by atoms with Gasteiger partial charge in [0.05, 0.1) is 12.8 Å². The zero-order valence-corrected chi connectivity index (χ0v) is 15.3. The lowest BCUT2D eigenvalue weighted by molar-refractivity contribution is 0.317. The highest BCUT2D eigenvalue weighted by Gasteiger charge is 2.10. The van der Waals surface area contributed by atoms with Crippen molar-refractivity contribution < 1.29 is 4.42 Å². The van der Waals surface area contributed by atoms with Gasteiger partial charge in [-0.3, -0.25) is 4.90 Å². The lowest BCUT2D eigenvalue weighted by atomic mass is 10.2. The molecule has 0 aliphatic rings. The van der Waals surface area contributed by atoms with Gasteiger partial charge in [0, 0.05) is 33.4 Å². The van der Waals surface area contributed by atoms with E-state index in [0.29, 0.717) is 5.92 Å². The van der Waals surface area contributed by atoms with Crippen molar-refractivity contribution in [1.29, 1.82) is 0 Å². The Kier molecular flexibility index (Phi) is 6.48. The van der Waals surface area contributed by atoms with Crippen LogP contribution in [0.5, 0.6) is 0 Å². The van der Waals surface area contributed by atoms with Crippen LogP contribution in [0.4, 0.5) is 0 Å². The Hall–Kier alpha value is -0.620. The van der Waals surface area contributed by atoms with Crippen LogP contribution in [0.2, 0.25) is 0 Å². The van der Waals surface area contributed by atoms with Crippen molar-refractivity contribution >= 4 is 27.3 Å². The van der Waals surface area contributed by atoms with E-state index in [4.69, 9.17) is 4.42 Å². The first-order valence-electron chi connectivity index (χ1n) is 7.22. The van der Waals surface area contributed by atoms with Gasteiger partial charge in [0.2, 0.25) is 0 Å². The molecule has 0 unspecified atom stereocenters. The Morgan fingerprint density at radius 1 is 1.38 bits per heavy atom. The average Bonchev–Trinajstić information content (AvgIpc) is 2.99. The van der Waals surface area contributed by atoms with E-state index in [-0.39, 0.29) is 0 Å². The number of thiophene rings is 1. The number of hydrogen-bond donors (Lipinski definition) is 1. The van der Waals surface area contributed by atoms with E-state index >= 15 is 0 Å². The summed E-state index contributed by atoms with van der Waals surface area (Å²) in [6.07, 6.45) is 1.79. The number of hydrogen-bond acceptors (Lipinski definition) is 4. The monoisotopic (exact) mass is 370 g/mol. The predicted molar refractivity (Wildman–Crippen MR) is 92.4 cm³/mol. The van der Waals surface area contributed by atoms with Crippen molar-refractivity contribution in [2.45, 2.75) is 33.5 Å². The van der Waals surface area contributed by atoms with E-state index < -0.39 is 0 Å². The largest absolute Gasteiger partial charge is 0.468 e. The minimum absolute atomic E-state index is 0.656. The van der Waals surface area contributed by atoms with E-state index in [9.17, 15) is 0 Å². The molecule has 0 radical (unpaired) electrons. The number of nitrogens with one attached hydrogen (secondary N) is 1. The molecule has 0 bridgehead atoms. The van der Waals surface area contributed by atoms with E-state index in [1.165, 1.54) is 10.4 Å². The summed E-state index contributed by atoms with van der Waals surface area (Å²) in [5.74, 6) is 1.71. The molecule has 2 aromatic rings. The molecular weight excluding hydrogens is 348 g/mol.